The van der Waals surface area contributed by atoms with E-state index in [1.807, 2.05) is 43.6 Å². The number of aromatic nitrogens is 2. The highest BCUT2D eigenvalue weighted by atomic mass is 32.2. The molecule has 0 saturated heterocycles. The van der Waals surface area contributed by atoms with Crippen molar-refractivity contribution in [3.8, 4) is 0 Å². The standard InChI is InChI=1S/C27H24N2O3S/c1-18-14-29-16-22-5-4-19(11-24(18)22)12-27(30)26-13-25(26)21-6-8-23(9-7-21)33(31,32)17-20-3-2-10-28-15-20/h2-11,14-16,25-26H,12-13,17H2,1H3/t25?,26-/m1/s1. The van der Waals surface area contributed by atoms with Gasteiger partial charge in [0.15, 0.2) is 9.84 Å². The van der Waals surface area contributed by atoms with E-state index in [0.717, 1.165) is 33.9 Å². The molecule has 6 heteroatoms. The number of Topliss-reactive ketones (excluding diaryl/α,β-unsaturated/α-hetero) is 1. The Hall–Kier alpha value is -3.38. The van der Waals surface area contributed by atoms with Gasteiger partial charge in [-0.1, -0.05) is 36.4 Å². The molecule has 1 saturated carbocycles. The summed E-state index contributed by atoms with van der Waals surface area (Å²) in [5, 5.41) is 2.21. The largest absolute Gasteiger partial charge is 0.299 e. The zero-order valence-electron chi connectivity index (χ0n) is 18.3. The summed E-state index contributed by atoms with van der Waals surface area (Å²) in [6.07, 6.45) is 8.10. The van der Waals surface area contributed by atoms with Crippen LogP contribution >= 0.6 is 0 Å². The minimum Gasteiger partial charge on any atom is -0.299 e. The maximum Gasteiger partial charge on any atom is 0.182 e. The van der Waals surface area contributed by atoms with Crippen LogP contribution in [-0.2, 0) is 26.8 Å². The third-order valence-corrected chi connectivity index (χ3v) is 8.06. The first-order valence-corrected chi connectivity index (χ1v) is 12.6. The molecule has 0 spiro atoms. The van der Waals surface area contributed by atoms with Gasteiger partial charge in [-0.05, 0) is 65.1 Å². The normalized spacial score (nSPS) is 17.7. The molecule has 0 N–H and O–H groups in total. The molecule has 1 unspecified atom stereocenters. The van der Waals surface area contributed by atoms with Gasteiger partial charge < -0.3 is 0 Å². The van der Waals surface area contributed by atoms with E-state index in [-0.39, 0.29) is 23.4 Å². The van der Waals surface area contributed by atoms with Crippen LogP contribution in [0.4, 0.5) is 0 Å². The highest BCUT2D eigenvalue weighted by Crippen LogP contribution is 2.48. The van der Waals surface area contributed by atoms with Gasteiger partial charge in [0.1, 0.15) is 5.78 Å². The molecule has 0 aliphatic heterocycles. The SMILES string of the molecule is Cc1cncc2ccc(CC(=O)[C@@H]3CC3c3ccc(S(=O)(=O)Cc4cccnc4)cc3)cc12. The quantitative estimate of drug-likeness (QED) is 0.398. The zero-order chi connectivity index (χ0) is 23.0. The van der Waals surface area contributed by atoms with E-state index in [2.05, 4.69) is 16.0 Å². The number of ketones is 1. The Morgan fingerprint density at radius 1 is 0.970 bits per heavy atom. The molecule has 33 heavy (non-hydrogen) atoms. The van der Waals surface area contributed by atoms with Crippen molar-refractivity contribution >= 4 is 26.4 Å². The monoisotopic (exact) mass is 456 g/mol. The molecule has 2 heterocycles. The van der Waals surface area contributed by atoms with Gasteiger partial charge in [0, 0.05) is 42.5 Å². The molecule has 2 aromatic heterocycles. The molecule has 5 rings (SSSR count). The number of hydrogen-bond acceptors (Lipinski definition) is 5. The summed E-state index contributed by atoms with van der Waals surface area (Å²) in [6.45, 7) is 2.03. The Labute approximate surface area is 193 Å². The fourth-order valence-electron chi connectivity index (χ4n) is 4.43. The Morgan fingerprint density at radius 2 is 1.79 bits per heavy atom. The average molecular weight is 457 g/mol. The molecule has 4 aromatic rings. The second-order valence-electron chi connectivity index (χ2n) is 8.79. The minimum absolute atomic E-state index is 0.00270. The molecule has 5 nitrogen and oxygen atoms in total. The van der Waals surface area contributed by atoms with E-state index in [1.165, 1.54) is 0 Å². The highest BCUT2D eigenvalue weighted by Gasteiger charge is 2.43. The number of hydrogen-bond donors (Lipinski definition) is 0. The number of nitrogens with zero attached hydrogens (tertiary/aromatic N) is 2. The summed E-state index contributed by atoms with van der Waals surface area (Å²) in [5.74, 6) is 0.321. The molecule has 1 aliphatic carbocycles. The smallest absolute Gasteiger partial charge is 0.182 e. The molecule has 0 bridgehead atoms. The van der Waals surface area contributed by atoms with Gasteiger partial charge in [0.05, 0.1) is 10.6 Å². The number of benzene rings is 2. The van der Waals surface area contributed by atoms with Crippen molar-refractivity contribution in [2.24, 2.45) is 5.92 Å². The number of carbonyl (C=O) groups is 1. The van der Waals surface area contributed by atoms with Crippen molar-refractivity contribution < 1.29 is 13.2 Å². The van der Waals surface area contributed by atoms with Crippen molar-refractivity contribution in [3.63, 3.8) is 0 Å². The van der Waals surface area contributed by atoms with Crippen LogP contribution in [0, 0.1) is 12.8 Å². The number of aryl methyl sites for hydroxylation is 1. The number of rotatable bonds is 7. The van der Waals surface area contributed by atoms with Crippen molar-refractivity contribution in [2.75, 3.05) is 0 Å². The second kappa shape index (κ2) is 8.52. The van der Waals surface area contributed by atoms with Crippen molar-refractivity contribution in [1.29, 1.82) is 0 Å². The predicted octanol–water partition coefficient (Wildman–Crippen LogP) is 4.83. The van der Waals surface area contributed by atoms with Crippen molar-refractivity contribution in [3.05, 3.63) is 102 Å². The highest BCUT2D eigenvalue weighted by molar-refractivity contribution is 7.90. The molecule has 1 fully saturated rings. The zero-order valence-corrected chi connectivity index (χ0v) is 19.1. The first-order chi connectivity index (χ1) is 15.9. The lowest BCUT2D eigenvalue weighted by molar-refractivity contribution is -0.119. The van der Waals surface area contributed by atoms with Gasteiger partial charge in [-0.15, -0.1) is 0 Å². The van der Waals surface area contributed by atoms with Gasteiger partial charge in [0.2, 0.25) is 0 Å². The third kappa shape index (κ3) is 4.57. The molecule has 1 aliphatic rings. The first kappa shape index (κ1) is 21.5. The number of sulfone groups is 1. The lowest BCUT2D eigenvalue weighted by Gasteiger charge is -2.07. The molecule has 166 valence electrons. The second-order valence-corrected chi connectivity index (χ2v) is 10.8. The summed E-state index contributed by atoms with van der Waals surface area (Å²) in [6, 6.07) is 16.6. The molecular weight excluding hydrogens is 432 g/mol. The Balaban J connectivity index is 1.25. The number of pyridine rings is 2. The van der Waals surface area contributed by atoms with Gasteiger partial charge in [-0.2, -0.15) is 0 Å². The van der Waals surface area contributed by atoms with Gasteiger partial charge in [-0.25, -0.2) is 8.42 Å². The maximum absolute atomic E-state index is 12.9. The number of carbonyl (C=O) groups excluding carboxylic acids is 1. The van der Waals surface area contributed by atoms with Crippen LogP contribution in [0.15, 0.2) is 84.3 Å². The van der Waals surface area contributed by atoms with E-state index < -0.39 is 9.84 Å². The van der Waals surface area contributed by atoms with Gasteiger partial charge in [0.25, 0.3) is 0 Å². The third-order valence-electron chi connectivity index (χ3n) is 6.35. The molecule has 2 aromatic carbocycles. The van der Waals surface area contributed by atoms with E-state index in [0.29, 0.717) is 16.9 Å². The van der Waals surface area contributed by atoms with Crippen molar-refractivity contribution in [1.82, 2.24) is 9.97 Å². The average Bonchev–Trinajstić information content (AvgIpc) is 3.61. The lowest BCUT2D eigenvalue weighted by atomic mass is 9.99. The molecular formula is C27H24N2O3S. The fraction of sp³-hybridized carbons (Fsp3) is 0.222. The Kier molecular flexibility index (Phi) is 5.54. The summed E-state index contributed by atoms with van der Waals surface area (Å²) >= 11 is 0. The van der Waals surface area contributed by atoms with E-state index in [4.69, 9.17) is 0 Å². The minimum atomic E-state index is -3.44. The Bertz CT molecular complexity index is 1430. The van der Waals surface area contributed by atoms with Crippen LogP contribution in [-0.4, -0.2) is 24.2 Å². The van der Waals surface area contributed by atoms with Crippen LogP contribution in [0.2, 0.25) is 0 Å². The van der Waals surface area contributed by atoms with Crippen LogP contribution in [0.1, 0.15) is 34.6 Å². The van der Waals surface area contributed by atoms with E-state index in [1.54, 1.807) is 36.7 Å². The van der Waals surface area contributed by atoms with Crippen molar-refractivity contribution in [2.45, 2.75) is 36.3 Å². The summed E-state index contributed by atoms with van der Waals surface area (Å²) < 4.78 is 25.4. The molecule has 2 atom stereocenters. The molecule has 0 radical (unpaired) electrons. The van der Waals surface area contributed by atoms with Crippen LogP contribution < -0.4 is 0 Å². The van der Waals surface area contributed by atoms with E-state index in [9.17, 15) is 13.2 Å². The van der Waals surface area contributed by atoms with Crippen LogP contribution in [0.5, 0.6) is 0 Å². The fourth-order valence-corrected chi connectivity index (χ4v) is 5.75. The predicted molar refractivity (Wildman–Crippen MR) is 128 cm³/mol. The number of fused-ring (bicyclic) bond motifs is 1. The maximum atomic E-state index is 12.9. The lowest BCUT2D eigenvalue weighted by Crippen LogP contribution is -2.07. The van der Waals surface area contributed by atoms with Crippen LogP contribution in [0.25, 0.3) is 10.8 Å². The Morgan fingerprint density at radius 3 is 2.55 bits per heavy atom. The summed E-state index contributed by atoms with van der Waals surface area (Å²) in [4.78, 5) is 21.4. The first-order valence-electron chi connectivity index (χ1n) is 11.0. The molecule has 0 amide bonds. The van der Waals surface area contributed by atoms with Gasteiger partial charge >= 0.3 is 0 Å². The summed E-state index contributed by atoms with van der Waals surface area (Å²) in [7, 11) is -3.44. The summed E-state index contributed by atoms with van der Waals surface area (Å²) in [5.41, 5.74) is 3.80. The van der Waals surface area contributed by atoms with Gasteiger partial charge in [-0.3, -0.25) is 14.8 Å². The topological polar surface area (TPSA) is 77.0 Å². The van der Waals surface area contributed by atoms with Crippen LogP contribution in [0.3, 0.4) is 0 Å². The van der Waals surface area contributed by atoms with E-state index >= 15 is 0 Å².